The van der Waals surface area contributed by atoms with Gasteiger partial charge in [-0.2, -0.15) is 0 Å². The van der Waals surface area contributed by atoms with E-state index in [9.17, 15) is 29.3 Å². The first-order valence-corrected chi connectivity index (χ1v) is 25.7. The van der Waals surface area contributed by atoms with E-state index in [1.165, 1.54) is 38.5 Å². The van der Waals surface area contributed by atoms with Gasteiger partial charge in [0.25, 0.3) is 0 Å². The van der Waals surface area contributed by atoms with E-state index < -0.39 is 58.4 Å². The fourth-order valence-corrected chi connectivity index (χ4v) is 6.94. The average molecular weight is 903 g/mol. The van der Waals surface area contributed by atoms with Crippen molar-refractivity contribution < 1.29 is 47.8 Å². The maximum Gasteiger partial charge on any atom is 0.472 e. The maximum atomic E-state index is 12.4. The van der Waals surface area contributed by atoms with Gasteiger partial charge in [0, 0.05) is 12.8 Å². The van der Waals surface area contributed by atoms with Crippen LogP contribution in [-0.4, -0.2) is 65.7 Å². The third-order valence-electron chi connectivity index (χ3n) is 9.79. The number of carbonyl (C=O) groups is 2. The van der Waals surface area contributed by atoms with Crippen LogP contribution in [0.1, 0.15) is 181 Å². The lowest BCUT2D eigenvalue weighted by molar-refractivity contribution is -0.153. The van der Waals surface area contributed by atoms with Crippen LogP contribution in [0.2, 0.25) is 0 Å². The lowest BCUT2D eigenvalue weighted by atomic mass is 10.0. The van der Waals surface area contributed by atoms with Gasteiger partial charge in [0.15, 0.2) is 0 Å². The number of aliphatic hydroxyl groups is 2. The molecule has 11 heteroatoms. The van der Waals surface area contributed by atoms with Gasteiger partial charge in [-0.05, 0) is 89.9 Å². The van der Waals surface area contributed by atoms with Gasteiger partial charge in [0.2, 0.25) is 0 Å². The van der Waals surface area contributed by atoms with Crippen molar-refractivity contribution in [3.8, 4) is 0 Å². The lowest BCUT2D eigenvalue weighted by Crippen LogP contribution is -2.28. The molecule has 0 aliphatic carbocycles. The highest BCUT2D eigenvalue weighted by Crippen LogP contribution is 2.43. The van der Waals surface area contributed by atoms with E-state index in [0.29, 0.717) is 12.8 Å². The Labute approximate surface area is 383 Å². The molecule has 0 amide bonds. The van der Waals surface area contributed by atoms with Gasteiger partial charge in [0.05, 0.1) is 26.4 Å². The van der Waals surface area contributed by atoms with Gasteiger partial charge in [-0.3, -0.25) is 18.6 Å². The lowest BCUT2D eigenvalue weighted by Gasteiger charge is -2.20. The third-order valence-corrected chi connectivity index (χ3v) is 10.7. The molecule has 0 aromatic rings. The highest BCUT2D eigenvalue weighted by atomic mass is 31.2. The third kappa shape index (κ3) is 45.3. The summed E-state index contributed by atoms with van der Waals surface area (Å²) in [6.07, 6.45) is 58.0. The van der Waals surface area contributed by atoms with Crippen molar-refractivity contribution in [2.45, 2.75) is 193 Å². The van der Waals surface area contributed by atoms with Gasteiger partial charge >= 0.3 is 19.8 Å². The number of unbranched alkanes of at least 4 members (excludes halogenated alkanes) is 14. The topological polar surface area (TPSA) is 149 Å². The summed E-state index contributed by atoms with van der Waals surface area (Å²) >= 11 is 0. The minimum absolute atomic E-state index is 0.159. The molecule has 0 bridgehead atoms. The van der Waals surface area contributed by atoms with E-state index in [-0.39, 0.29) is 12.8 Å². The SMILES string of the molecule is CC/C=C\C/C=C\C/C=C\C/C=C\CCCCCCCCCCCCC(=O)OC(CO)COP(=O)(O)OCC(CO)OC(=O)CCCCCC/C=C\C/C=C\C/C=C\C/C=C\CC. The van der Waals surface area contributed by atoms with Gasteiger partial charge in [-0.25, -0.2) is 4.57 Å². The van der Waals surface area contributed by atoms with E-state index in [0.717, 1.165) is 103 Å². The summed E-state index contributed by atoms with van der Waals surface area (Å²) in [7, 11) is -4.66. The Balaban J connectivity index is 3.91. The molecule has 0 heterocycles. The average Bonchev–Trinajstić information content (AvgIpc) is 3.27. The molecule has 0 aliphatic heterocycles. The quantitative estimate of drug-likeness (QED) is 0.0233. The monoisotopic (exact) mass is 903 g/mol. The second-order valence-corrected chi connectivity index (χ2v) is 17.1. The summed E-state index contributed by atoms with van der Waals surface area (Å²) in [6, 6.07) is 0. The van der Waals surface area contributed by atoms with Crippen LogP contribution in [-0.2, 0) is 32.7 Å². The van der Waals surface area contributed by atoms with Crippen LogP contribution < -0.4 is 0 Å². The number of carbonyl (C=O) groups excluding carboxylic acids is 2. The molecule has 3 N–H and O–H groups in total. The Hall–Kier alpha value is -3.11. The number of aliphatic hydroxyl groups excluding tert-OH is 2. The molecular weight excluding hydrogens is 816 g/mol. The minimum atomic E-state index is -4.66. The van der Waals surface area contributed by atoms with Crippen LogP contribution >= 0.6 is 7.82 Å². The highest BCUT2D eigenvalue weighted by molar-refractivity contribution is 7.47. The number of hydrogen-bond donors (Lipinski definition) is 3. The van der Waals surface area contributed by atoms with Crippen molar-refractivity contribution >= 4 is 19.8 Å². The number of hydrogen-bond acceptors (Lipinski definition) is 9. The first-order valence-electron chi connectivity index (χ1n) is 24.2. The molecule has 0 radical (unpaired) electrons. The zero-order valence-corrected chi connectivity index (χ0v) is 40.1. The molecule has 63 heavy (non-hydrogen) atoms. The molecular formula is C52H87O10P. The molecule has 10 nitrogen and oxygen atoms in total. The fraction of sp³-hybridized carbons (Fsp3) is 0.654. The normalized spacial score (nSPS) is 14.6. The summed E-state index contributed by atoms with van der Waals surface area (Å²) in [5, 5.41) is 19.2. The van der Waals surface area contributed by atoms with Gasteiger partial charge in [-0.1, -0.05) is 175 Å². The number of ether oxygens (including phenoxy) is 2. The van der Waals surface area contributed by atoms with Crippen molar-refractivity contribution in [3.05, 3.63) is 97.2 Å². The first-order chi connectivity index (χ1) is 30.8. The number of phosphoric ester groups is 1. The van der Waals surface area contributed by atoms with Crippen molar-refractivity contribution in [1.82, 2.24) is 0 Å². The number of rotatable bonds is 44. The Morgan fingerprint density at radius 1 is 0.429 bits per heavy atom. The van der Waals surface area contributed by atoms with Crippen LogP contribution in [0.25, 0.3) is 0 Å². The largest absolute Gasteiger partial charge is 0.472 e. The molecule has 0 fully saturated rings. The molecule has 0 aromatic carbocycles. The molecule has 3 unspecified atom stereocenters. The van der Waals surface area contributed by atoms with Crippen molar-refractivity contribution in [2.75, 3.05) is 26.4 Å². The summed E-state index contributed by atoms with van der Waals surface area (Å²) in [5.74, 6) is -1.05. The van der Waals surface area contributed by atoms with Gasteiger partial charge < -0.3 is 24.6 Å². The Bertz CT molecular complexity index is 1360. The van der Waals surface area contributed by atoms with Crippen LogP contribution in [0.4, 0.5) is 0 Å². The number of esters is 2. The van der Waals surface area contributed by atoms with Crippen LogP contribution in [0.3, 0.4) is 0 Å². The predicted molar refractivity (Wildman–Crippen MR) is 260 cm³/mol. The zero-order chi connectivity index (χ0) is 46.2. The summed E-state index contributed by atoms with van der Waals surface area (Å²) < 4.78 is 32.7. The summed E-state index contributed by atoms with van der Waals surface area (Å²) in [5.41, 5.74) is 0. The molecule has 3 atom stereocenters. The molecule has 0 aliphatic rings. The summed E-state index contributed by atoms with van der Waals surface area (Å²) in [4.78, 5) is 34.6. The van der Waals surface area contributed by atoms with Crippen LogP contribution in [0.5, 0.6) is 0 Å². The molecule has 0 spiro atoms. The standard InChI is InChI=1S/C52H87O10P/c1-3-5-7-9-11-13-15-17-19-21-22-23-24-25-26-28-30-32-34-36-38-40-42-44-52(56)62-50(46-54)48-60-63(57,58)59-47-49(45-53)61-51(55)43-41-39-37-35-33-31-29-27-20-18-16-14-12-10-8-6-4-2/h5-8,11-14,17-20,22-23,29,31,49-50,53-54H,3-4,9-10,15-16,21,24-28,30,32-48H2,1-2H3,(H,57,58)/b7-5-,8-6-,13-11-,14-12-,19-17-,20-18-,23-22-,31-29-. The van der Waals surface area contributed by atoms with Crippen molar-refractivity contribution in [1.29, 1.82) is 0 Å². The van der Waals surface area contributed by atoms with E-state index in [1.54, 1.807) is 0 Å². The van der Waals surface area contributed by atoms with E-state index in [1.807, 2.05) is 0 Å². The van der Waals surface area contributed by atoms with Gasteiger partial charge in [0.1, 0.15) is 12.2 Å². The zero-order valence-electron chi connectivity index (χ0n) is 39.3. The predicted octanol–water partition coefficient (Wildman–Crippen LogP) is 13.6. The smallest absolute Gasteiger partial charge is 0.457 e. The Morgan fingerprint density at radius 3 is 1.00 bits per heavy atom. The molecule has 0 aromatic heterocycles. The first kappa shape index (κ1) is 59.9. The van der Waals surface area contributed by atoms with E-state index >= 15 is 0 Å². The van der Waals surface area contributed by atoms with Crippen molar-refractivity contribution in [2.24, 2.45) is 0 Å². The van der Waals surface area contributed by atoms with Crippen LogP contribution in [0.15, 0.2) is 97.2 Å². The van der Waals surface area contributed by atoms with E-state index in [2.05, 4.69) is 111 Å². The molecule has 0 rings (SSSR count). The van der Waals surface area contributed by atoms with Gasteiger partial charge in [-0.15, -0.1) is 0 Å². The Kier molecular flexibility index (Phi) is 44.6. The maximum absolute atomic E-state index is 12.4. The minimum Gasteiger partial charge on any atom is -0.457 e. The highest BCUT2D eigenvalue weighted by Gasteiger charge is 2.27. The number of allylic oxidation sites excluding steroid dienone is 16. The van der Waals surface area contributed by atoms with E-state index in [4.69, 9.17) is 18.5 Å². The number of phosphoric acid groups is 1. The molecule has 360 valence electrons. The second-order valence-electron chi connectivity index (χ2n) is 15.7. The Morgan fingerprint density at radius 2 is 0.698 bits per heavy atom. The van der Waals surface area contributed by atoms with Crippen molar-refractivity contribution in [3.63, 3.8) is 0 Å². The molecule has 0 saturated carbocycles. The second kappa shape index (κ2) is 46.9. The van der Waals surface area contributed by atoms with Crippen LogP contribution in [0, 0.1) is 0 Å². The fourth-order valence-electron chi connectivity index (χ4n) is 6.16. The summed E-state index contributed by atoms with van der Waals surface area (Å²) in [6.45, 7) is 1.94. The molecule has 0 saturated heterocycles.